The fourth-order valence-corrected chi connectivity index (χ4v) is 1.89. The topological polar surface area (TPSA) is 60.9 Å². The first-order valence-corrected chi connectivity index (χ1v) is 6.65. The van der Waals surface area contributed by atoms with Crippen LogP contribution in [-0.4, -0.2) is 53.9 Å². The molecule has 0 bridgehead atoms. The number of aryl methyl sites for hydroxylation is 1. The highest BCUT2D eigenvalue weighted by atomic mass is 16.3. The van der Waals surface area contributed by atoms with Gasteiger partial charge in [0.25, 0.3) is 5.91 Å². The normalized spacial score (nSPS) is 10.2. The Balaban J connectivity index is 2.96. The van der Waals surface area contributed by atoms with Gasteiger partial charge in [0.1, 0.15) is 12.3 Å². The minimum atomic E-state index is -0.181. The minimum absolute atomic E-state index is 0.0694. The SMILES string of the molecule is CCCN(CC(=O)N(C)C)C(=O)c1ccc(O)cc1C. The summed E-state index contributed by atoms with van der Waals surface area (Å²) in [6.45, 7) is 4.33. The van der Waals surface area contributed by atoms with Crippen molar-refractivity contribution in [2.24, 2.45) is 0 Å². The molecule has 5 heteroatoms. The zero-order chi connectivity index (χ0) is 15.3. The van der Waals surface area contributed by atoms with E-state index in [1.165, 1.54) is 11.0 Å². The Hall–Kier alpha value is -2.04. The van der Waals surface area contributed by atoms with Crippen LogP contribution in [0.3, 0.4) is 0 Å². The van der Waals surface area contributed by atoms with Crippen LogP contribution in [0.25, 0.3) is 0 Å². The molecule has 5 nitrogen and oxygen atoms in total. The van der Waals surface area contributed by atoms with Crippen molar-refractivity contribution in [2.45, 2.75) is 20.3 Å². The average Bonchev–Trinajstić information content (AvgIpc) is 2.37. The van der Waals surface area contributed by atoms with E-state index in [1.807, 2.05) is 6.92 Å². The maximum Gasteiger partial charge on any atom is 0.254 e. The predicted octanol–water partition coefficient (Wildman–Crippen LogP) is 1.64. The standard InChI is InChI=1S/C15H22N2O3/c1-5-8-17(10-14(19)16(3)4)15(20)13-7-6-12(18)9-11(13)2/h6-7,9,18H,5,8,10H2,1-4H3. The largest absolute Gasteiger partial charge is 0.508 e. The van der Waals surface area contributed by atoms with Crippen LogP contribution in [0.4, 0.5) is 0 Å². The third-order valence-corrected chi connectivity index (χ3v) is 3.05. The van der Waals surface area contributed by atoms with Crippen molar-refractivity contribution in [1.82, 2.24) is 9.80 Å². The van der Waals surface area contributed by atoms with Gasteiger partial charge in [-0.05, 0) is 37.1 Å². The summed E-state index contributed by atoms with van der Waals surface area (Å²) in [5.41, 5.74) is 1.22. The summed E-state index contributed by atoms with van der Waals surface area (Å²) in [7, 11) is 3.34. The zero-order valence-corrected chi connectivity index (χ0v) is 12.5. The van der Waals surface area contributed by atoms with Gasteiger partial charge in [0, 0.05) is 26.2 Å². The Morgan fingerprint density at radius 1 is 1.25 bits per heavy atom. The van der Waals surface area contributed by atoms with Crippen molar-refractivity contribution >= 4 is 11.8 Å². The number of likely N-dealkylation sites (N-methyl/N-ethyl adjacent to an activating group) is 1. The zero-order valence-electron chi connectivity index (χ0n) is 12.5. The maximum absolute atomic E-state index is 12.5. The lowest BCUT2D eigenvalue weighted by atomic mass is 10.1. The van der Waals surface area contributed by atoms with E-state index in [0.717, 1.165) is 6.42 Å². The molecule has 0 saturated carbocycles. The van der Waals surface area contributed by atoms with Gasteiger partial charge in [-0.1, -0.05) is 6.92 Å². The van der Waals surface area contributed by atoms with E-state index in [-0.39, 0.29) is 24.1 Å². The molecule has 0 radical (unpaired) electrons. The lowest BCUT2D eigenvalue weighted by Crippen LogP contribution is -2.40. The fraction of sp³-hybridized carbons (Fsp3) is 0.467. The summed E-state index contributed by atoms with van der Waals surface area (Å²) in [6.07, 6.45) is 0.781. The van der Waals surface area contributed by atoms with Crippen molar-refractivity contribution in [2.75, 3.05) is 27.2 Å². The Morgan fingerprint density at radius 3 is 2.40 bits per heavy atom. The summed E-state index contributed by atoms with van der Waals surface area (Å²) in [6, 6.07) is 4.62. The van der Waals surface area contributed by atoms with Gasteiger partial charge in [0.2, 0.25) is 5.91 Å². The summed E-state index contributed by atoms with van der Waals surface area (Å²) < 4.78 is 0. The Morgan fingerprint density at radius 2 is 1.90 bits per heavy atom. The lowest BCUT2D eigenvalue weighted by Gasteiger charge is -2.24. The quantitative estimate of drug-likeness (QED) is 0.890. The highest BCUT2D eigenvalue weighted by Gasteiger charge is 2.20. The highest BCUT2D eigenvalue weighted by Crippen LogP contribution is 2.17. The number of rotatable bonds is 5. The van der Waals surface area contributed by atoms with E-state index in [2.05, 4.69) is 0 Å². The molecule has 0 unspecified atom stereocenters. The van der Waals surface area contributed by atoms with Crippen LogP contribution in [0.5, 0.6) is 5.75 Å². The van der Waals surface area contributed by atoms with Crippen LogP contribution in [0.15, 0.2) is 18.2 Å². The van der Waals surface area contributed by atoms with E-state index < -0.39 is 0 Å². The summed E-state index contributed by atoms with van der Waals surface area (Å²) in [5.74, 6) is -0.159. The number of carbonyl (C=O) groups excluding carboxylic acids is 2. The molecule has 1 aromatic rings. The summed E-state index contributed by atoms with van der Waals surface area (Å²) in [5, 5.41) is 9.39. The molecule has 0 saturated heterocycles. The number of aromatic hydroxyl groups is 1. The Bertz CT molecular complexity index is 498. The van der Waals surface area contributed by atoms with Gasteiger partial charge in [0.05, 0.1) is 0 Å². The predicted molar refractivity (Wildman–Crippen MR) is 77.7 cm³/mol. The fourth-order valence-electron chi connectivity index (χ4n) is 1.89. The number of hydrogen-bond acceptors (Lipinski definition) is 3. The van der Waals surface area contributed by atoms with Gasteiger partial charge in [-0.3, -0.25) is 9.59 Å². The van der Waals surface area contributed by atoms with Crippen molar-refractivity contribution in [3.05, 3.63) is 29.3 Å². The summed E-state index contributed by atoms with van der Waals surface area (Å²) >= 11 is 0. The molecule has 0 spiro atoms. The Labute approximate surface area is 119 Å². The van der Waals surface area contributed by atoms with Crippen LogP contribution in [-0.2, 0) is 4.79 Å². The second kappa shape index (κ2) is 6.93. The van der Waals surface area contributed by atoms with Crippen molar-refractivity contribution in [3.63, 3.8) is 0 Å². The van der Waals surface area contributed by atoms with Gasteiger partial charge in [-0.2, -0.15) is 0 Å². The number of phenolic OH excluding ortho intramolecular Hbond substituents is 1. The number of benzene rings is 1. The first kappa shape index (κ1) is 16.0. The molecule has 1 rings (SSSR count). The van der Waals surface area contributed by atoms with Crippen molar-refractivity contribution < 1.29 is 14.7 Å². The van der Waals surface area contributed by atoms with Gasteiger partial charge < -0.3 is 14.9 Å². The smallest absolute Gasteiger partial charge is 0.254 e. The van der Waals surface area contributed by atoms with Gasteiger partial charge in [-0.15, -0.1) is 0 Å². The number of nitrogens with zero attached hydrogens (tertiary/aromatic N) is 2. The molecule has 0 aliphatic rings. The highest BCUT2D eigenvalue weighted by molar-refractivity contribution is 5.97. The molecule has 0 aliphatic carbocycles. The molecule has 0 heterocycles. The van der Waals surface area contributed by atoms with Crippen LogP contribution < -0.4 is 0 Å². The van der Waals surface area contributed by atoms with Gasteiger partial charge in [0.15, 0.2) is 0 Å². The van der Waals surface area contributed by atoms with Gasteiger partial charge in [-0.25, -0.2) is 0 Å². The number of carbonyl (C=O) groups is 2. The van der Waals surface area contributed by atoms with Crippen molar-refractivity contribution in [1.29, 1.82) is 0 Å². The average molecular weight is 278 g/mol. The number of amides is 2. The van der Waals surface area contributed by atoms with Gasteiger partial charge >= 0.3 is 0 Å². The van der Waals surface area contributed by atoms with Crippen LogP contribution in [0.1, 0.15) is 29.3 Å². The Kier molecular flexibility index (Phi) is 5.55. The van der Waals surface area contributed by atoms with Crippen LogP contribution in [0.2, 0.25) is 0 Å². The molecule has 20 heavy (non-hydrogen) atoms. The molecule has 2 amide bonds. The molecule has 110 valence electrons. The molecular weight excluding hydrogens is 256 g/mol. The second-order valence-corrected chi connectivity index (χ2v) is 5.01. The number of phenols is 1. The first-order chi connectivity index (χ1) is 9.36. The third-order valence-electron chi connectivity index (χ3n) is 3.05. The van der Waals surface area contributed by atoms with Crippen LogP contribution in [0, 0.1) is 6.92 Å². The van der Waals surface area contributed by atoms with E-state index in [1.54, 1.807) is 38.1 Å². The number of hydrogen-bond donors (Lipinski definition) is 1. The minimum Gasteiger partial charge on any atom is -0.508 e. The molecule has 0 atom stereocenters. The monoisotopic (exact) mass is 278 g/mol. The molecule has 0 aliphatic heterocycles. The maximum atomic E-state index is 12.5. The first-order valence-electron chi connectivity index (χ1n) is 6.65. The summed E-state index contributed by atoms with van der Waals surface area (Å²) in [4.78, 5) is 27.3. The molecule has 0 aromatic heterocycles. The van der Waals surface area contributed by atoms with Crippen LogP contribution >= 0.6 is 0 Å². The van der Waals surface area contributed by atoms with E-state index in [4.69, 9.17) is 0 Å². The molecule has 0 fully saturated rings. The molecule has 1 aromatic carbocycles. The second-order valence-electron chi connectivity index (χ2n) is 5.01. The third kappa shape index (κ3) is 3.98. The molecule has 1 N–H and O–H groups in total. The van der Waals surface area contributed by atoms with E-state index >= 15 is 0 Å². The van der Waals surface area contributed by atoms with E-state index in [9.17, 15) is 14.7 Å². The van der Waals surface area contributed by atoms with Crippen molar-refractivity contribution in [3.8, 4) is 5.75 Å². The molecular formula is C15H22N2O3. The lowest BCUT2D eigenvalue weighted by molar-refractivity contribution is -0.129. The van der Waals surface area contributed by atoms with E-state index in [0.29, 0.717) is 17.7 Å².